The van der Waals surface area contributed by atoms with Gasteiger partial charge in [-0.05, 0) is 41.7 Å². The molecule has 0 amide bonds. The Morgan fingerprint density at radius 3 is 2.48 bits per heavy atom. The van der Waals surface area contributed by atoms with Crippen LogP contribution in [-0.2, 0) is 6.42 Å². The monoisotopic (exact) mass is 334 g/mol. The molecule has 5 nitrogen and oxygen atoms in total. The molecule has 1 aromatic heterocycles. The molecule has 3 aromatic rings. The van der Waals surface area contributed by atoms with E-state index in [0.29, 0.717) is 0 Å². The lowest BCUT2D eigenvalue weighted by molar-refractivity contribution is 0.413. The number of nitrogens with zero attached hydrogens (tertiary/aromatic N) is 3. The predicted octanol–water partition coefficient (Wildman–Crippen LogP) is 4.00. The van der Waals surface area contributed by atoms with Gasteiger partial charge in [0.1, 0.15) is 12.1 Å². The first-order valence-corrected chi connectivity index (χ1v) is 8.67. The lowest BCUT2D eigenvalue weighted by atomic mass is 9.93. The zero-order chi connectivity index (χ0) is 17.2. The van der Waals surface area contributed by atoms with Crippen LogP contribution < -0.4 is 10.1 Å². The molecule has 2 aromatic carbocycles. The van der Waals surface area contributed by atoms with E-state index in [0.717, 1.165) is 24.5 Å². The van der Waals surface area contributed by atoms with Gasteiger partial charge in [-0.1, -0.05) is 43.3 Å². The minimum atomic E-state index is 0.178. The van der Waals surface area contributed by atoms with Crippen LogP contribution in [0.3, 0.4) is 0 Å². The van der Waals surface area contributed by atoms with Crippen molar-refractivity contribution < 1.29 is 4.74 Å². The van der Waals surface area contributed by atoms with Crippen LogP contribution in [0.25, 0.3) is 0 Å². The summed E-state index contributed by atoms with van der Waals surface area (Å²) in [6, 6.07) is 17.4. The number of aryl methyl sites for hydroxylation is 1. The standard InChI is InChI=1S/C20H22N4O/c1-3-14-4-6-16(7-5-14)19-12-18(23-20-21-13-22-24(19)20)15-8-10-17(25-2)11-9-15/h4-11,13,18-19H,3,12H2,1-2H3,(H,21,22,23)/t18-,19-/m1/s1. The molecular formula is C20H22N4O. The van der Waals surface area contributed by atoms with E-state index >= 15 is 0 Å². The van der Waals surface area contributed by atoms with Gasteiger partial charge in [0, 0.05) is 0 Å². The highest BCUT2D eigenvalue weighted by atomic mass is 16.5. The van der Waals surface area contributed by atoms with Gasteiger partial charge in [-0.25, -0.2) is 4.68 Å². The molecule has 0 saturated carbocycles. The molecule has 25 heavy (non-hydrogen) atoms. The molecule has 0 fully saturated rings. The third-order valence-corrected chi connectivity index (χ3v) is 4.92. The fourth-order valence-electron chi connectivity index (χ4n) is 3.43. The zero-order valence-corrected chi connectivity index (χ0v) is 14.5. The van der Waals surface area contributed by atoms with Crippen LogP contribution >= 0.6 is 0 Å². The van der Waals surface area contributed by atoms with Crippen molar-refractivity contribution in [1.29, 1.82) is 0 Å². The normalized spacial score (nSPS) is 19.1. The third kappa shape index (κ3) is 2.97. The summed E-state index contributed by atoms with van der Waals surface area (Å²) in [5, 5.41) is 7.94. The number of benzene rings is 2. The SMILES string of the molecule is CCc1ccc([C@H]2C[C@H](c3ccc(OC)cc3)Nc3ncnn32)cc1. The van der Waals surface area contributed by atoms with Crippen LogP contribution in [0.5, 0.6) is 5.75 Å². The van der Waals surface area contributed by atoms with E-state index < -0.39 is 0 Å². The van der Waals surface area contributed by atoms with Gasteiger partial charge in [0.15, 0.2) is 0 Å². The summed E-state index contributed by atoms with van der Waals surface area (Å²) in [6.45, 7) is 2.18. The summed E-state index contributed by atoms with van der Waals surface area (Å²) >= 11 is 0. The Labute approximate surface area is 147 Å². The maximum Gasteiger partial charge on any atom is 0.222 e. The number of nitrogens with one attached hydrogen (secondary N) is 1. The quantitative estimate of drug-likeness (QED) is 0.784. The largest absolute Gasteiger partial charge is 0.497 e. The van der Waals surface area contributed by atoms with Gasteiger partial charge in [0.05, 0.1) is 19.2 Å². The Balaban J connectivity index is 1.66. The smallest absolute Gasteiger partial charge is 0.222 e. The fraction of sp³-hybridized carbons (Fsp3) is 0.300. The summed E-state index contributed by atoms with van der Waals surface area (Å²) < 4.78 is 7.25. The van der Waals surface area contributed by atoms with E-state index in [4.69, 9.17) is 4.74 Å². The van der Waals surface area contributed by atoms with Gasteiger partial charge in [0.25, 0.3) is 0 Å². The van der Waals surface area contributed by atoms with Crippen LogP contribution in [-0.4, -0.2) is 21.9 Å². The second kappa shape index (κ2) is 6.59. The van der Waals surface area contributed by atoms with Crippen molar-refractivity contribution in [2.24, 2.45) is 0 Å². The summed E-state index contributed by atoms with van der Waals surface area (Å²) in [5.41, 5.74) is 3.84. The molecular weight excluding hydrogens is 312 g/mol. The highest BCUT2D eigenvalue weighted by molar-refractivity contribution is 5.40. The summed E-state index contributed by atoms with van der Waals surface area (Å²) in [6.07, 6.45) is 3.59. The zero-order valence-electron chi connectivity index (χ0n) is 14.5. The summed E-state index contributed by atoms with van der Waals surface area (Å²) in [4.78, 5) is 4.39. The molecule has 0 spiro atoms. The number of methoxy groups -OCH3 is 1. The Morgan fingerprint density at radius 1 is 1.08 bits per heavy atom. The number of hydrogen-bond acceptors (Lipinski definition) is 4. The molecule has 0 unspecified atom stereocenters. The molecule has 1 N–H and O–H groups in total. The van der Waals surface area contributed by atoms with Gasteiger partial charge in [-0.15, -0.1) is 0 Å². The van der Waals surface area contributed by atoms with Crippen LogP contribution in [0.1, 0.15) is 42.1 Å². The second-order valence-corrected chi connectivity index (χ2v) is 6.34. The molecule has 1 aliphatic rings. The van der Waals surface area contributed by atoms with Crippen molar-refractivity contribution in [1.82, 2.24) is 14.8 Å². The average Bonchev–Trinajstić information content (AvgIpc) is 3.16. The highest BCUT2D eigenvalue weighted by Crippen LogP contribution is 2.37. The maximum absolute atomic E-state index is 5.27. The van der Waals surface area contributed by atoms with Crippen molar-refractivity contribution in [3.63, 3.8) is 0 Å². The van der Waals surface area contributed by atoms with Crippen molar-refractivity contribution in [2.75, 3.05) is 12.4 Å². The number of fused-ring (bicyclic) bond motifs is 1. The number of hydrogen-bond donors (Lipinski definition) is 1. The first kappa shape index (κ1) is 15.7. The van der Waals surface area contributed by atoms with Crippen molar-refractivity contribution >= 4 is 5.95 Å². The van der Waals surface area contributed by atoms with Crippen LogP contribution in [0.2, 0.25) is 0 Å². The van der Waals surface area contributed by atoms with Gasteiger partial charge < -0.3 is 10.1 Å². The average molecular weight is 334 g/mol. The molecule has 0 saturated heterocycles. The first-order valence-electron chi connectivity index (χ1n) is 8.67. The van der Waals surface area contributed by atoms with Crippen molar-refractivity contribution in [2.45, 2.75) is 31.8 Å². The van der Waals surface area contributed by atoms with Crippen LogP contribution in [0, 0.1) is 0 Å². The van der Waals surface area contributed by atoms with E-state index in [2.05, 4.69) is 58.7 Å². The molecule has 4 rings (SSSR count). The van der Waals surface area contributed by atoms with E-state index in [1.807, 2.05) is 16.8 Å². The van der Waals surface area contributed by atoms with Gasteiger partial charge in [-0.3, -0.25) is 0 Å². The Morgan fingerprint density at radius 2 is 1.80 bits per heavy atom. The molecule has 0 bridgehead atoms. The maximum atomic E-state index is 5.27. The molecule has 0 radical (unpaired) electrons. The highest BCUT2D eigenvalue weighted by Gasteiger charge is 2.29. The summed E-state index contributed by atoms with van der Waals surface area (Å²) in [7, 11) is 1.69. The Hall–Kier alpha value is -2.82. The molecule has 2 atom stereocenters. The molecule has 1 aliphatic heterocycles. The van der Waals surface area contributed by atoms with Crippen LogP contribution in [0.15, 0.2) is 54.9 Å². The molecule has 5 heteroatoms. The van der Waals surface area contributed by atoms with E-state index in [9.17, 15) is 0 Å². The Bertz CT molecular complexity index is 839. The fourth-order valence-corrected chi connectivity index (χ4v) is 3.43. The topological polar surface area (TPSA) is 52.0 Å². The Kier molecular flexibility index (Phi) is 4.14. The minimum Gasteiger partial charge on any atom is -0.497 e. The lowest BCUT2D eigenvalue weighted by Crippen LogP contribution is -2.28. The van der Waals surface area contributed by atoms with Crippen molar-refractivity contribution in [3.8, 4) is 5.75 Å². The number of anilines is 1. The first-order chi connectivity index (χ1) is 12.3. The van der Waals surface area contributed by atoms with Gasteiger partial charge in [-0.2, -0.15) is 10.1 Å². The van der Waals surface area contributed by atoms with Crippen molar-refractivity contribution in [3.05, 3.63) is 71.5 Å². The third-order valence-electron chi connectivity index (χ3n) is 4.92. The number of rotatable bonds is 4. The van der Waals surface area contributed by atoms with E-state index in [1.165, 1.54) is 16.7 Å². The summed E-state index contributed by atoms with van der Waals surface area (Å²) in [5.74, 6) is 1.69. The molecule has 128 valence electrons. The van der Waals surface area contributed by atoms with E-state index in [-0.39, 0.29) is 12.1 Å². The van der Waals surface area contributed by atoms with Gasteiger partial charge in [0.2, 0.25) is 5.95 Å². The van der Waals surface area contributed by atoms with Gasteiger partial charge >= 0.3 is 0 Å². The number of ether oxygens (including phenoxy) is 1. The molecule has 0 aliphatic carbocycles. The minimum absolute atomic E-state index is 0.178. The van der Waals surface area contributed by atoms with Crippen LogP contribution in [0.4, 0.5) is 5.95 Å². The van der Waals surface area contributed by atoms with E-state index in [1.54, 1.807) is 13.4 Å². The molecule has 2 heterocycles. The lowest BCUT2D eigenvalue weighted by Gasteiger charge is -2.32. The predicted molar refractivity (Wildman–Crippen MR) is 98.0 cm³/mol. The second-order valence-electron chi connectivity index (χ2n) is 6.34. The number of aromatic nitrogens is 3.